The number of aromatic nitrogens is 2. The van der Waals surface area contributed by atoms with Crippen molar-refractivity contribution in [3.63, 3.8) is 0 Å². The van der Waals surface area contributed by atoms with E-state index in [1.54, 1.807) is 7.05 Å². The van der Waals surface area contributed by atoms with Crippen LogP contribution in [-0.4, -0.2) is 28.2 Å². The molecule has 12 heteroatoms. The van der Waals surface area contributed by atoms with Crippen molar-refractivity contribution in [3.8, 4) is 6.07 Å². The average molecular weight is 445 g/mol. The molecular weight excluding hydrogens is 429 g/mol. The molecule has 2 atom stereocenters. The Kier molecular flexibility index (Phi) is 5.94. The molecule has 160 valence electrons. The quantitative estimate of drug-likeness (QED) is 0.655. The molecule has 0 spiro atoms. The molecule has 1 fully saturated rings. The van der Waals surface area contributed by atoms with Crippen LogP contribution in [0, 0.1) is 17.2 Å². The van der Waals surface area contributed by atoms with Crippen LogP contribution in [0.4, 0.5) is 32.8 Å². The lowest BCUT2D eigenvalue weighted by Crippen LogP contribution is -2.27. The van der Waals surface area contributed by atoms with Gasteiger partial charge in [0.25, 0.3) is 0 Å². The average Bonchev–Trinajstić information content (AvgIpc) is 3.28. The van der Waals surface area contributed by atoms with Gasteiger partial charge < -0.3 is 10.6 Å². The van der Waals surface area contributed by atoms with Gasteiger partial charge in [0, 0.05) is 31.4 Å². The predicted molar refractivity (Wildman–Crippen MR) is 99.3 cm³/mol. The second kappa shape index (κ2) is 8.14. The third-order valence-corrected chi connectivity index (χ3v) is 5.53. The third kappa shape index (κ3) is 4.67. The van der Waals surface area contributed by atoms with Crippen molar-refractivity contribution in [2.45, 2.75) is 37.3 Å². The highest BCUT2D eigenvalue weighted by molar-refractivity contribution is 7.09. The molecule has 2 N–H and O–H groups in total. The third-order valence-electron chi connectivity index (χ3n) is 4.90. The zero-order chi connectivity index (χ0) is 22.1. The van der Waals surface area contributed by atoms with E-state index in [1.165, 1.54) is 18.2 Å². The molecule has 1 saturated carbocycles. The SMILES string of the molecule is CNc1cc(C(C(=O)Nc2nc(C(F)(F)F)ns2)C2CCC(F)(F)C2)ccc1C#N. The minimum Gasteiger partial charge on any atom is -0.387 e. The number of carbonyl (C=O) groups excluding carboxylic acids is 1. The fourth-order valence-corrected chi connectivity index (χ4v) is 4.13. The standard InChI is InChI=1S/C18H16F5N5OS/c1-25-12-6-9(2-3-11(12)8-24)13(10-4-5-17(19,20)7-10)14(29)26-16-27-15(28-30-16)18(21,22)23/h2-3,6,10,13,25H,4-5,7H2,1H3,(H,26,27,28,29). The van der Waals surface area contributed by atoms with Crippen LogP contribution in [-0.2, 0) is 11.0 Å². The molecule has 2 unspecified atom stereocenters. The van der Waals surface area contributed by atoms with Crippen LogP contribution in [0.1, 0.15) is 42.1 Å². The maximum Gasteiger partial charge on any atom is 0.452 e. The predicted octanol–water partition coefficient (Wildman–Crippen LogP) is 4.63. The van der Waals surface area contributed by atoms with Crippen molar-refractivity contribution in [2.24, 2.45) is 5.92 Å². The number of hydrogen-bond donors (Lipinski definition) is 2. The molecule has 0 aliphatic heterocycles. The Balaban J connectivity index is 1.93. The monoisotopic (exact) mass is 445 g/mol. The summed E-state index contributed by atoms with van der Waals surface area (Å²) in [6.45, 7) is 0. The Labute approximate surface area is 172 Å². The number of nitriles is 1. The van der Waals surface area contributed by atoms with Gasteiger partial charge in [-0.1, -0.05) is 6.07 Å². The van der Waals surface area contributed by atoms with E-state index < -0.39 is 42.1 Å². The highest BCUT2D eigenvalue weighted by atomic mass is 32.1. The van der Waals surface area contributed by atoms with Gasteiger partial charge in [0.15, 0.2) is 0 Å². The van der Waals surface area contributed by atoms with Gasteiger partial charge in [-0.3, -0.25) is 4.79 Å². The molecular formula is C18H16F5N5OS. The van der Waals surface area contributed by atoms with Crippen molar-refractivity contribution in [1.29, 1.82) is 5.26 Å². The Morgan fingerprint density at radius 3 is 2.67 bits per heavy atom. The summed E-state index contributed by atoms with van der Waals surface area (Å²) in [5, 5.41) is 13.9. The van der Waals surface area contributed by atoms with Crippen LogP contribution in [0.2, 0.25) is 0 Å². The normalized spacial score (nSPS) is 19.2. The molecule has 0 bridgehead atoms. The number of hydrogen-bond acceptors (Lipinski definition) is 6. The topological polar surface area (TPSA) is 90.7 Å². The number of alkyl halides is 5. The van der Waals surface area contributed by atoms with Gasteiger partial charge in [0.2, 0.25) is 22.8 Å². The van der Waals surface area contributed by atoms with Gasteiger partial charge in [0.05, 0.1) is 17.2 Å². The first-order valence-electron chi connectivity index (χ1n) is 8.85. The minimum atomic E-state index is -4.76. The van der Waals surface area contributed by atoms with Crippen molar-refractivity contribution < 1.29 is 26.7 Å². The summed E-state index contributed by atoms with van der Waals surface area (Å²) in [5.74, 6) is -6.85. The number of benzene rings is 1. The summed E-state index contributed by atoms with van der Waals surface area (Å²) in [6.07, 6.45) is -5.59. The first-order valence-corrected chi connectivity index (χ1v) is 9.63. The maximum atomic E-state index is 13.8. The molecule has 6 nitrogen and oxygen atoms in total. The van der Waals surface area contributed by atoms with Crippen LogP contribution in [0.25, 0.3) is 0 Å². The number of nitrogens with zero attached hydrogens (tertiary/aromatic N) is 3. The Morgan fingerprint density at radius 2 is 2.13 bits per heavy atom. The number of anilines is 2. The van der Waals surface area contributed by atoms with Crippen LogP contribution in [0.5, 0.6) is 0 Å². The summed E-state index contributed by atoms with van der Waals surface area (Å²) in [4.78, 5) is 16.2. The summed E-state index contributed by atoms with van der Waals surface area (Å²) in [5.41, 5.74) is 1.09. The van der Waals surface area contributed by atoms with E-state index in [1.807, 2.05) is 6.07 Å². The Morgan fingerprint density at radius 1 is 1.40 bits per heavy atom. The highest BCUT2D eigenvalue weighted by Gasteiger charge is 2.45. The number of amides is 1. The van der Waals surface area contributed by atoms with E-state index in [-0.39, 0.29) is 18.0 Å². The molecule has 1 amide bonds. The summed E-state index contributed by atoms with van der Waals surface area (Å²) < 4.78 is 68.9. The number of nitrogens with one attached hydrogen (secondary N) is 2. The maximum absolute atomic E-state index is 13.8. The molecule has 30 heavy (non-hydrogen) atoms. The molecule has 1 aliphatic carbocycles. The Hall–Kier alpha value is -2.81. The van der Waals surface area contributed by atoms with Crippen molar-refractivity contribution in [3.05, 3.63) is 35.2 Å². The smallest absolute Gasteiger partial charge is 0.387 e. The van der Waals surface area contributed by atoms with Crippen LogP contribution >= 0.6 is 11.5 Å². The van der Waals surface area contributed by atoms with Crippen LogP contribution in [0.3, 0.4) is 0 Å². The largest absolute Gasteiger partial charge is 0.452 e. The molecule has 1 aromatic carbocycles. The molecule has 0 saturated heterocycles. The van der Waals surface area contributed by atoms with Crippen molar-refractivity contribution >= 4 is 28.3 Å². The summed E-state index contributed by atoms with van der Waals surface area (Å²) in [6, 6.07) is 6.44. The first-order chi connectivity index (χ1) is 14.0. The second-order valence-electron chi connectivity index (χ2n) is 6.91. The number of rotatable bonds is 5. The van der Waals surface area contributed by atoms with E-state index >= 15 is 0 Å². The van der Waals surface area contributed by atoms with E-state index in [9.17, 15) is 26.7 Å². The second-order valence-corrected chi connectivity index (χ2v) is 7.67. The van der Waals surface area contributed by atoms with Crippen molar-refractivity contribution in [1.82, 2.24) is 9.36 Å². The molecule has 1 aliphatic rings. The zero-order valence-corrected chi connectivity index (χ0v) is 16.4. The number of halogens is 5. The lowest BCUT2D eigenvalue weighted by molar-refractivity contribution is -0.144. The molecule has 0 radical (unpaired) electrons. The summed E-state index contributed by atoms with van der Waals surface area (Å²) >= 11 is 0.357. The van der Waals surface area contributed by atoms with Gasteiger partial charge in [-0.15, -0.1) is 0 Å². The van der Waals surface area contributed by atoms with Gasteiger partial charge in [0.1, 0.15) is 6.07 Å². The van der Waals surface area contributed by atoms with Gasteiger partial charge in [-0.05, 0) is 30.0 Å². The molecule has 3 rings (SSSR count). The van der Waals surface area contributed by atoms with E-state index in [0.717, 1.165) is 0 Å². The van der Waals surface area contributed by atoms with Gasteiger partial charge >= 0.3 is 6.18 Å². The van der Waals surface area contributed by atoms with Crippen molar-refractivity contribution in [2.75, 3.05) is 17.7 Å². The lowest BCUT2D eigenvalue weighted by atomic mass is 9.83. The van der Waals surface area contributed by atoms with Crippen LogP contribution in [0.15, 0.2) is 18.2 Å². The van der Waals surface area contributed by atoms with Crippen LogP contribution < -0.4 is 10.6 Å². The fourth-order valence-electron chi connectivity index (χ4n) is 3.54. The van der Waals surface area contributed by atoms with E-state index in [2.05, 4.69) is 20.0 Å². The molecule has 1 aromatic heterocycles. The van der Waals surface area contributed by atoms with E-state index in [4.69, 9.17) is 5.26 Å². The fraction of sp³-hybridized carbons (Fsp3) is 0.444. The van der Waals surface area contributed by atoms with E-state index in [0.29, 0.717) is 28.3 Å². The first kappa shape index (κ1) is 21.9. The minimum absolute atomic E-state index is 0.0733. The van der Waals surface area contributed by atoms with Gasteiger partial charge in [-0.25, -0.2) is 8.78 Å². The lowest BCUT2D eigenvalue weighted by Gasteiger charge is -2.23. The zero-order valence-electron chi connectivity index (χ0n) is 15.6. The molecule has 1 heterocycles. The number of carbonyl (C=O) groups is 1. The summed E-state index contributed by atoms with van der Waals surface area (Å²) in [7, 11) is 1.57. The Bertz CT molecular complexity index is 984. The molecule has 2 aromatic rings. The van der Waals surface area contributed by atoms with Gasteiger partial charge in [-0.2, -0.15) is 27.8 Å². The highest BCUT2D eigenvalue weighted by Crippen LogP contribution is 2.46.